The highest BCUT2D eigenvalue weighted by molar-refractivity contribution is 9.10. The number of para-hydroxylation sites is 1. The molecule has 2 N–H and O–H groups in total. The summed E-state index contributed by atoms with van der Waals surface area (Å²) in [5.41, 5.74) is 1.22. The molecule has 1 aromatic heterocycles. The Morgan fingerprint density at radius 3 is 2.81 bits per heavy atom. The third kappa shape index (κ3) is 4.67. The van der Waals surface area contributed by atoms with Gasteiger partial charge in [0.1, 0.15) is 6.54 Å². The van der Waals surface area contributed by atoms with Crippen LogP contribution in [0.3, 0.4) is 0 Å². The number of aliphatic carboxylic acids is 1. The van der Waals surface area contributed by atoms with Crippen LogP contribution in [-0.2, 0) is 22.6 Å². The fraction of sp³-hybridized carbons (Fsp3) is 0.231. The molecule has 0 radical (unpaired) electrons. The summed E-state index contributed by atoms with van der Waals surface area (Å²) in [4.78, 5) is 22.4. The van der Waals surface area contributed by atoms with Gasteiger partial charge in [0.25, 0.3) is 0 Å². The number of aromatic nitrogens is 3. The number of anilines is 1. The minimum atomic E-state index is -0.892. The molecule has 21 heavy (non-hydrogen) atoms. The van der Waals surface area contributed by atoms with E-state index in [-0.39, 0.29) is 18.9 Å². The predicted molar refractivity (Wildman–Crippen MR) is 78.8 cm³/mol. The Morgan fingerprint density at radius 2 is 2.10 bits per heavy atom. The number of benzene rings is 1. The summed E-state index contributed by atoms with van der Waals surface area (Å²) < 4.78 is 2.17. The third-order valence-electron chi connectivity index (χ3n) is 2.63. The molecule has 0 atom stereocenters. The zero-order valence-electron chi connectivity index (χ0n) is 11.0. The highest BCUT2D eigenvalue weighted by Crippen LogP contribution is 2.20. The van der Waals surface area contributed by atoms with Gasteiger partial charge in [-0.15, -0.1) is 5.10 Å². The Labute approximate surface area is 129 Å². The number of amides is 1. The third-order valence-corrected chi connectivity index (χ3v) is 3.33. The Kier molecular flexibility index (Phi) is 5.04. The maximum atomic E-state index is 11.9. The molecule has 0 aliphatic heterocycles. The van der Waals surface area contributed by atoms with Gasteiger partial charge in [-0.05, 0) is 28.1 Å². The first-order valence-corrected chi connectivity index (χ1v) is 6.99. The van der Waals surface area contributed by atoms with Crippen molar-refractivity contribution in [2.45, 2.75) is 19.4 Å². The second-order valence-corrected chi connectivity index (χ2v) is 5.18. The number of rotatable bonds is 6. The Hall–Kier alpha value is -2.22. The lowest BCUT2D eigenvalue weighted by molar-refractivity contribution is -0.137. The molecule has 0 bridgehead atoms. The molecule has 0 spiro atoms. The zero-order chi connectivity index (χ0) is 15.2. The van der Waals surface area contributed by atoms with Crippen molar-refractivity contribution in [2.24, 2.45) is 0 Å². The summed E-state index contributed by atoms with van der Waals surface area (Å²) in [7, 11) is 0. The summed E-state index contributed by atoms with van der Waals surface area (Å²) in [6, 6.07) is 7.28. The Balaban J connectivity index is 1.91. The summed E-state index contributed by atoms with van der Waals surface area (Å²) in [6.07, 6.45) is 1.85. The number of nitrogens with one attached hydrogen (secondary N) is 1. The molecule has 8 heteroatoms. The van der Waals surface area contributed by atoms with Crippen LogP contribution in [0.1, 0.15) is 12.1 Å². The molecular formula is C13H13BrN4O3. The monoisotopic (exact) mass is 352 g/mol. The predicted octanol–water partition coefficient (Wildman–Crippen LogP) is 1.70. The summed E-state index contributed by atoms with van der Waals surface area (Å²) in [5.74, 6) is -1.13. The number of carboxylic acid groups (broad SMARTS) is 1. The Morgan fingerprint density at radius 1 is 1.33 bits per heavy atom. The minimum absolute atomic E-state index is 0.0121. The number of carboxylic acids is 1. The van der Waals surface area contributed by atoms with Crippen molar-refractivity contribution in [3.05, 3.63) is 40.6 Å². The Bertz CT molecular complexity index is 656. The molecule has 0 aliphatic carbocycles. The van der Waals surface area contributed by atoms with Gasteiger partial charge in [0.05, 0.1) is 17.8 Å². The van der Waals surface area contributed by atoms with Crippen LogP contribution >= 0.6 is 15.9 Å². The van der Waals surface area contributed by atoms with Crippen LogP contribution in [-0.4, -0.2) is 32.0 Å². The van der Waals surface area contributed by atoms with Crippen LogP contribution in [0, 0.1) is 0 Å². The lowest BCUT2D eigenvalue weighted by Crippen LogP contribution is -2.19. The van der Waals surface area contributed by atoms with E-state index in [2.05, 4.69) is 31.6 Å². The summed E-state index contributed by atoms with van der Waals surface area (Å²) in [6.45, 7) is 0.0153. The van der Waals surface area contributed by atoms with Crippen LogP contribution in [0.25, 0.3) is 0 Å². The molecule has 1 aromatic carbocycles. The second-order valence-electron chi connectivity index (χ2n) is 4.33. The number of carbonyl (C=O) groups excluding carboxylic acids is 1. The highest BCUT2D eigenvalue weighted by Gasteiger charge is 2.09. The van der Waals surface area contributed by atoms with Gasteiger partial charge >= 0.3 is 5.97 Å². The van der Waals surface area contributed by atoms with Crippen molar-refractivity contribution in [1.82, 2.24) is 15.0 Å². The number of halogens is 1. The van der Waals surface area contributed by atoms with Gasteiger partial charge in [0, 0.05) is 17.1 Å². The molecule has 110 valence electrons. The van der Waals surface area contributed by atoms with Crippen LogP contribution in [0.15, 0.2) is 34.9 Å². The van der Waals surface area contributed by atoms with Crippen molar-refractivity contribution in [3.63, 3.8) is 0 Å². The van der Waals surface area contributed by atoms with Crippen molar-refractivity contribution >= 4 is 33.5 Å². The maximum absolute atomic E-state index is 11.9. The van der Waals surface area contributed by atoms with Gasteiger partial charge in [-0.3, -0.25) is 9.59 Å². The van der Waals surface area contributed by atoms with Crippen LogP contribution in [0.4, 0.5) is 5.69 Å². The first-order chi connectivity index (χ1) is 10.0. The SMILES string of the molecule is O=C(O)CCc1cn(CC(=O)Nc2ccccc2Br)nn1. The first kappa shape index (κ1) is 15.2. The number of nitrogens with zero attached hydrogens (tertiary/aromatic N) is 3. The smallest absolute Gasteiger partial charge is 0.303 e. The molecule has 2 aromatic rings. The highest BCUT2D eigenvalue weighted by atomic mass is 79.9. The van der Waals surface area contributed by atoms with Crippen LogP contribution < -0.4 is 5.32 Å². The van der Waals surface area contributed by atoms with Crippen molar-refractivity contribution in [3.8, 4) is 0 Å². The molecule has 7 nitrogen and oxygen atoms in total. The summed E-state index contributed by atoms with van der Waals surface area (Å²) in [5, 5.41) is 19.0. The lowest BCUT2D eigenvalue weighted by Gasteiger charge is -2.06. The molecule has 0 saturated heterocycles. The van der Waals surface area contributed by atoms with Gasteiger partial charge in [-0.1, -0.05) is 17.3 Å². The van der Waals surface area contributed by atoms with Crippen molar-refractivity contribution in [1.29, 1.82) is 0 Å². The zero-order valence-corrected chi connectivity index (χ0v) is 12.6. The molecule has 0 saturated carbocycles. The fourth-order valence-corrected chi connectivity index (χ4v) is 2.05. The number of aryl methyl sites for hydroxylation is 1. The van der Waals surface area contributed by atoms with Gasteiger partial charge in [0.15, 0.2) is 0 Å². The standard InChI is InChI=1S/C13H13BrN4O3/c14-10-3-1-2-4-11(10)15-12(19)8-18-7-9(16-17-18)5-6-13(20)21/h1-4,7H,5-6,8H2,(H,15,19)(H,20,21). The van der Waals surface area contributed by atoms with Gasteiger partial charge in [-0.25, -0.2) is 4.68 Å². The van der Waals surface area contributed by atoms with E-state index in [0.717, 1.165) is 4.47 Å². The van der Waals surface area contributed by atoms with Gasteiger partial charge in [-0.2, -0.15) is 0 Å². The van der Waals surface area contributed by atoms with E-state index in [9.17, 15) is 9.59 Å². The minimum Gasteiger partial charge on any atom is -0.481 e. The number of hydrogen-bond acceptors (Lipinski definition) is 4. The first-order valence-electron chi connectivity index (χ1n) is 6.20. The molecule has 0 unspecified atom stereocenters. The van der Waals surface area contributed by atoms with E-state index < -0.39 is 5.97 Å². The lowest BCUT2D eigenvalue weighted by atomic mass is 10.2. The van der Waals surface area contributed by atoms with Crippen molar-refractivity contribution < 1.29 is 14.7 Å². The van der Waals surface area contributed by atoms with Gasteiger partial charge < -0.3 is 10.4 Å². The topological polar surface area (TPSA) is 97.1 Å². The van der Waals surface area contributed by atoms with Crippen LogP contribution in [0.2, 0.25) is 0 Å². The van der Waals surface area contributed by atoms with E-state index in [1.807, 2.05) is 18.2 Å². The molecule has 0 aliphatic rings. The molecule has 2 rings (SSSR count). The number of carbonyl (C=O) groups is 2. The normalized spacial score (nSPS) is 10.3. The second kappa shape index (κ2) is 6.98. The van der Waals surface area contributed by atoms with Gasteiger partial charge in [0.2, 0.25) is 5.91 Å². The molecule has 0 fully saturated rings. The van der Waals surface area contributed by atoms with E-state index in [4.69, 9.17) is 5.11 Å². The fourth-order valence-electron chi connectivity index (χ4n) is 1.66. The molecule has 1 amide bonds. The molecule has 1 heterocycles. The number of hydrogen-bond donors (Lipinski definition) is 2. The average Bonchev–Trinajstić information content (AvgIpc) is 2.86. The largest absolute Gasteiger partial charge is 0.481 e. The van der Waals surface area contributed by atoms with Crippen LogP contribution in [0.5, 0.6) is 0 Å². The summed E-state index contributed by atoms with van der Waals surface area (Å²) >= 11 is 3.34. The van der Waals surface area contributed by atoms with E-state index in [1.165, 1.54) is 4.68 Å². The molecular weight excluding hydrogens is 340 g/mol. The van der Waals surface area contributed by atoms with E-state index in [1.54, 1.807) is 12.3 Å². The maximum Gasteiger partial charge on any atom is 0.303 e. The average molecular weight is 353 g/mol. The van der Waals surface area contributed by atoms with E-state index >= 15 is 0 Å². The van der Waals surface area contributed by atoms with E-state index in [0.29, 0.717) is 17.8 Å². The quantitative estimate of drug-likeness (QED) is 0.824. The van der Waals surface area contributed by atoms with Crippen molar-refractivity contribution in [2.75, 3.05) is 5.32 Å².